The Hall–Kier alpha value is -0.520. The molecule has 2 aromatic rings. The number of aromatic nitrogens is 1. The van der Waals surface area contributed by atoms with E-state index in [0.29, 0.717) is 5.15 Å². The number of nitrogens with one attached hydrogen (secondary N) is 1. The minimum absolute atomic E-state index is 0.538. The molecule has 0 amide bonds. The molecule has 90 valence electrons. The topological polar surface area (TPSA) is 34.2 Å². The Morgan fingerprint density at radius 3 is 3.12 bits per heavy atom. The SMILES string of the molecule is CNc1nc(Cl)c2sc(Br)c3c2c1CCCO3. The smallest absolute Gasteiger partial charge is 0.152 e. The van der Waals surface area contributed by atoms with Gasteiger partial charge in [-0.05, 0) is 28.8 Å². The van der Waals surface area contributed by atoms with Crippen molar-refractivity contribution in [2.24, 2.45) is 0 Å². The summed E-state index contributed by atoms with van der Waals surface area (Å²) in [4.78, 5) is 4.41. The van der Waals surface area contributed by atoms with E-state index in [4.69, 9.17) is 16.3 Å². The van der Waals surface area contributed by atoms with Crippen LogP contribution in [-0.4, -0.2) is 18.6 Å². The summed E-state index contributed by atoms with van der Waals surface area (Å²) in [6.45, 7) is 0.736. The fraction of sp³-hybridized carbons (Fsp3) is 0.364. The zero-order chi connectivity index (χ0) is 12.0. The third-order valence-corrected chi connectivity index (χ3v) is 5.06. The lowest BCUT2D eigenvalue weighted by atomic mass is 10.1. The van der Waals surface area contributed by atoms with Crippen LogP contribution in [0.4, 0.5) is 5.82 Å². The average molecular weight is 334 g/mol. The molecule has 0 saturated carbocycles. The maximum atomic E-state index is 6.22. The summed E-state index contributed by atoms with van der Waals surface area (Å²) in [6.07, 6.45) is 1.96. The van der Waals surface area contributed by atoms with Crippen molar-refractivity contribution < 1.29 is 4.74 Å². The Balaban J connectivity index is 2.44. The highest BCUT2D eigenvalue weighted by molar-refractivity contribution is 9.11. The van der Waals surface area contributed by atoms with Gasteiger partial charge in [-0.2, -0.15) is 0 Å². The second-order valence-electron chi connectivity index (χ2n) is 3.84. The van der Waals surface area contributed by atoms with Crippen molar-refractivity contribution in [3.05, 3.63) is 14.5 Å². The van der Waals surface area contributed by atoms with Gasteiger partial charge in [-0.15, -0.1) is 11.3 Å². The second-order valence-corrected chi connectivity index (χ2v) is 6.54. The lowest BCUT2D eigenvalue weighted by molar-refractivity contribution is 0.319. The normalized spacial score (nSPS) is 14.5. The number of thiophene rings is 1. The lowest BCUT2D eigenvalue weighted by Crippen LogP contribution is -2.00. The van der Waals surface area contributed by atoms with E-state index >= 15 is 0 Å². The molecule has 0 radical (unpaired) electrons. The molecule has 2 aromatic heterocycles. The van der Waals surface area contributed by atoms with Crippen LogP contribution in [0.25, 0.3) is 10.1 Å². The molecule has 0 aliphatic carbocycles. The predicted octanol–water partition coefficient (Wildman–Crippen LogP) is 4.08. The van der Waals surface area contributed by atoms with E-state index in [1.165, 1.54) is 5.56 Å². The van der Waals surface area contributed by atoms with Gasteiger partial charge in [0.15, 0.2) is 5.75 Å². The Morgan fingerprint density at radius 2 is 2.35 bits per heavy atom. The lowest BCUT2D eigenvalue weighted by Gasteiger charge is -2.08. The molecular formula is C11H10BrClN2OS. The first-order valence-electron chi connectivity index (χ1n) is 5.33. The van der Waals surface area contributed by atoms with E-state index in [9.17, 15) is 0 Å². The molecule has 0 aromatic carbocycles. The van der Waals surface area contributed by atoms with E-state index < -0.39 is 0 Å². The average Bonchev–Trinajstić information content (AvgIpc) is 2.52. The van der Waals surface area contributed by atoms with Crippen molar-refractivity contribution in [2.75, 3.05) is 19.0 Å². The van der Waals surface area contributed by atoms with E-state index in [2.05, 4.69) is 26.2 Å². The predicted molar refractivity (Wildman–Crippen MR) is 75.7 cm³/mol. The molecule has 0 spiro atoms. The fourth-order valence-corrected chi connectivity index (χ4v) is 4.12. The van der Waals surface area contributed by atoms with Crippen LogP contribution in [0.1, 0.15) is 12.0 Å². The highest BCUT2D eigenvalue weighted by Gasteiger charge is 2.23. The molecule has 3 heterocycles. The quantitative estimate of drug-likeness (QED) is 0.799. The summed E-state index contributed by atoms with van der Waals surface area (Å²) >= 11 is 11.3. The highest BCUT2D eigenvalue weighted by Crippen LogP contribution is 2.48. The number of nitrogens with zero attached hydrogens (tertiary/aromatic N) is 1. The number of hydrogen-bond acceptors (Lipinski definition) is 4. The molecule has 1 N–H and O–H groups in total. The monoisotopic (exact) mass is 332 g/mol. The second kappa shape index (κ2) is 4.30. The van der Waals surface area contributed by atoms with Gasteiger partial charge in [0.05, 0.1) is 11.3 Å². The van der Waals surface area contributed by atoms with Gasteiger partial charge in [-0.1, -0.05) is 11.6 Å². The molecule has 0 atom stereocenters. The van der Waals surface area contributed by atoms with Gasteiger partial charge < -0.3 is 10.1 Å². The van der Waals surface area contributed by atoms with Crippen molar-refractivity contribution in [3.63, 3.8) is 0 Å². The molecular weight excluding hydrogens is 324 g/mol. The zero-order valence-corrected chi connectivity index (χ0v) is 12.3. The van der Waals surface area contributed by atoms with E-state index in [0.717, 1.165) is 44.9 Å². The van der Waals surface area contributed by atoms with E-state index in [-0.39, 0.29) is 0 Å². The first-order chi connectivity index (χ1) is 8.22. The molecule has 1 aliphatic rings. The van der Waals surface area contributed by atoms with Gasteiger partial charge >= 0.3 is 0 Å². The van der Waals surface area contributed by atoms with Crippen LogP contribution < -0.4 is 10.1 Å². The third-order valence-electron chi connectivity index (χ3n) is 2.86. The number of ether oxygens (including phenoxy) is 1. The van der Waals surface area contributed by atoms with Crippen LogP contribution in [0, 0.1) is 0 Å². The molecule has 17 heavy (non-hydrogen) atoms. The molecule has 0 fully saturated rings. The van der Waals surface area contributed by atoms with Gasteiger partial charge in [-0.25, -0.2) is 4.98 Å². The zero-order valence-electron chi connectivity index (χ0n) is 9.14. The van der Waals surface area contributed by atoms with E-state index in [1.807, 2.05) is 7.05 Å². The summed E-state index contributed by atoms with van der Waals surface area (Å²) in [7, 11) is 1.87. The molecule has 3 nitrogen and oxygen atoms in total. The molecule has 6 heteroatoms. The van der Waals surface area contributed by atoms with Gasteiger partial charge in [0, 0.05) is 18.0 Å². The number of aryl methyl sites for hydroxylation is 1. The number of rotatable bonds is 1. The summed E-state index contributed by atoms with van der Waals surface area (Å²) in [5, 5.41) is 4.77. The minimum Gasteiger partial charge on any atom is -0.491 e. The fourth-order valence-electron chi connectivity index (χ4n) is 2.14. The van der Waals surface area contributed by atoms with Crippen LogP contribution in [0.15, 0.2) is 3.79 Å². The Labute approximate surface area is 116 Å². The largest absolute Gasteiger partial charge is 0.491 e. The standard InChI is InChI=1S/C11H10BrClN2OS/c1-14-11-5-3-2-4-16-7-6(5)8(10(13)15-11)17-9(7)12/h2-4H2,1H3,(H,14,15). The number of hydrogen-bond donors (Lipinski definition) is 1. The maximum absolute atomic E-state index is 6.22. The van der Waals surface area contributed by atoms with Gasteiger partial charge in [0.1, 0.15) is 14.8 Å². The van der Waals surface area contributed by atoms with Crippen LogP contribution in [0.2, 0.25) is 5.15 Å². The molecule has 1 aliphatic heterocycles. The first-order valence-corrected chi connectivity index (χ1v) is 7.32. The Kier molecular flexibility index (Phi) is 2.92. The van der Waals surface area contributed by atoms with Crippen molar-refractivity contribution in [1.29, 1.82) is 0 Å². The van der Waals surface area contributed by atoms with Crippen molar-refractivity contribution in [3.8, 4) is 5.75 Å². The molecule has 0 bridgehead atoms. The molecule has 0 unspecified atom stereocenters. The van der Waals surface area contributed by atoms with Gasteiger partial charge in [0.25, 0.3) is 0 Å². The number of anilines is 1. The molecule has 0 saturated heterocycles. The summed E-state index contributed by atoms with van der Waals surface area (Å²) in [5.41, 5.74) is 1.21. The van der Waals surface area contributed by atoms with Crippen LogP contribution in [0.5, 0.6) is 5.75 Å². The van der Waals surface area contributed by atoms with Crippen LogP contribution in [0.3, 0.4) is 0 Å². The summed E-state index contributed by atoms with van der Waals surface area (Å²) < 4.78 is 7.79. The highest BCUT2D eigenvalue weighted by atomic mass is 79.9. The van der Waals surface area contributed by atoms with Crippen LogP contribution >= 0.6 is 38.9 Å². The Bertz CT molecular complexity index is 599. The van der Waals surface area contributed by atoms with Crippen LogP contribution in [-0.2, 0) is 6.42 Å². The maximum Gasteiger partial charge on any atom is 0.152 e. The number of halogens is 2. The number of pyridine rings is 1. The van der Waals surface area contributed by atoms with Crippen molar-refractivity contribution in [1.82, 2.24) is 4.98 Å². The summed E-state index contributed by atoms with van der Waals surface area (Å²) in [6, 6.07) is 0. The summed E-state index contributed by atoms with van der Waals surface area (Å²) in [5.74, 6) is 1.78. The van der Waals surface area contributed by atoms with Crippen molar-refractivity contribution >= 4 is 54.8 Å². The first kappa shape index (κ1) is 11.6. The third kappa shape index (κ3) is 1.72. The van der Waals surface area contributed by atoms with E-state index in [1.54, 1.807) is 11.3 Å². The van der Waals surface area contributed by atoms with Crippen molar-refractivity contribution in [2.45, 2.75) is 12.8 Å². The van der Waals surface area contributed by atoms with Gasteiger partial charge in [-0.3, -0.25) is 0 Å². The Morgan fingerprint density at radius 1 is 1.53 bits per heavy atom. The van der Waals surface area contributed by atoms with Gasteiger partial charge in [0.2, 0.25) is 0 Å². The molecule has 3 rings (SSSR count). The minimum atomic E-state index is 0.538.